The molecule has 0 heterocycles. The Balaban J connectivity index is 1.43. The van der Waals surface area contributed by atoms with Crippen LogP contribution in [0.15, 0.2) is 46.9 Å². The summed E-state index contributed by atoms with van der Waals surface area (Å²) in [6, 6.07) is 10.6. The first kappa shape index (κ1) is 25.3. The molecule has 35 heavy (non-hydrogen) atoms. The van der Waals surface area contributed by atoms with Gasteiger partial charge in [0.1, 0.15) is 12.2 Å². The van der Waals surface area contributed by atoms with E-state index in [1.165, 1.54) is 23.8 Å². The second-order valence-electron chi connectivity index (χ2n) is 11.5. The monoisotopic (exact) mass is 514 g/mol. The first-order valence-corrected chi connectivity index (χ1v) is 15.4. The average molecular weight is 515 g/mol. The molecule has 3 saturated carbocycles. The van der Waals surface area contributed by atoms with Gasteiger partial charge in [-0.25, -0.2) is 0 Å². The molecule has 0 N–H and O–H groups in total. The summed E-state index contributed by atoms with van der Waals surface area (Å²) in [5.41, 5.74) is 1.68. The Kier molecular flexibility index (Phi) is 7.08. The zero-order valence-electron chi connectivity index (χ0n) is 21.3. The van der Waals surface area contributed by atoms with Gasteiger partial charge in [-0.15, -0.1) is 0 Å². The molecular weight excluding hydrogens is 476 g/mol. The van der Waals surface area contributed by atoms with E-state index in [1.807, 2.05) is 21.6 Å². The van der Waals surface area contributed by atoms with E-state index in [4.69, 9.17) is 9.47 Å². The number of allylic oxidation sites excluding steroid dienone is 1. The van der Waals surface area contributed by atoms with Crippen molar-refractivity contribution in [3.8, 4) is 0 Å². The van der Waals surface area contributed by atoms with Crippen LogP contribution in [0.4, 0.5) is 0 Å². The second kappa shape index (κ2) is 9.81. The fourth-order valence-corrected chi connectivity index (χ4v) is 11.2. The lowest BCUT2D eigenvalue weighted by Gasteiger charge is -2.59. The van der Waals surface area contributed by atoms with Crippen molar-refractivity contribution in [3.05, 3.63) is 42.0 Å². The lowest BCUT2D eigenvalue weighted by molar-refractivity contribution is -0.156. The molecule has 0 saturated heterocycles. The number of rotatable bonds is 5. The van der Waals surface area contributed by atoms with Crippen LogP contribution in [0.25, 0.3) is 0 Å². The highest BCUT2D eigenvalue weighted by atomic mass is 33.1. The highest BCUT2D eigenvalue weighted by molar-refractivity contribution is 8.77. The topological polar surface area (TPSA) is 52.6 Å². The maximum absolute atomic E-state index is 11.8. The summed E-state index contributed by atoms with van der Waals surface area (Å²) in [6.45, 7) is 7.96. The molecule has 0 aromatic heterocycles. The Morgan fingerprint density at radius 1 is 0.971 bits per heavy atom. The van der Waals surface area contributed by atoms with E-state index >= 15 is 0 Å². The molecule has 4 nitrogen and oxygen atoms in total. The Hall–Kier alpha value is -1.40. The predicted molar refractivity (Wildman–Crippen MR) is 142 cm³/mol. The molecule has 6 heteroatoms. The largest absolute Gasteiger partial charge is 0.462 e. The lowest BCUT2D eigenvalue weighted by atomic mass is 9.47. The van der Waals surface area contributed by atoms with Crippen molar-refractivity contribution in [1.29, 1.82) is 0 Å². The summed E-state index contributed by atoms with van der Waals surface area (Å²) in [4.78, 5) is 24.9. The summed E-state index contributed by atoms with van der Waals surface area (Å²) >= 11 is 0. The van der Waals surface area contributed by atoms with Crippen molar-refractivity contribution in [2.75, 3.05) is 0 Å². The van der Waals surface area contributed by atoms with Crippen LogP contribution in [-0.4, -0.2) is 29.4 Å². The summed E-state index contributed by atoms with van der Waals surface area (Å²) < 4.78 is 11.6. The minimum absolute atomic E-state index is 0.0362. The summed E-state index contributed by atoms with van der Waals surface area (Å²) in [6.07, 6.45) is 9.83. The van der Waals surface area contributed by atoms with Crippen LogP contribution in [0.5, 0.6) is 0 Å². The van der Waals surface area contributed by atoms with Gasteiger partial charge in [0.15, 0.2) is 0 Å². The third-order valence-corrected chi connectivity index (χ3v) is 12.7. The molecule has 0 unspecified atom stereocenters. The fourth-order valence-electron chi connectivity index (χ4n) is 8.06. The molecule has 0 aliphatic heterocycles. The van der Waals surface area contributed by atoms with Crippen LogP contribution in [0, 0.1) is 28.6 Å². The maximum Gasteiger partial charge on any atom is 0.302 e. The molecule has 0 amide bonds. The van der Waals surface area contributed by atoms with Gasteiger partial charge < -0.3 is 9.47 Å². The van der Waals surface area contributed by atoms with E-state index in [1.54, 1.807) is 6.92 Å². The summed E-state index contributed by atoms with van der Waals surface area (Å²) in [7, 11) is 3.83. The van der Waals surface area contributed by atoms with E-state index in [2.05, 4.69) is 50.3 Å². The van der Waals surface area contributed by atoms with E-state index in [0.29, 0.717) is 23.0 Å². The van der Waals surface area contributed by atoms with Crippen LogP contribution < -0.4 is 0 Å². The molecule has 0 radical (unpaired) electrons. The van der Waals surface area contributed by atoms with Crippen LogP contribution in [0.1, 0.15) is 72.6 Å². The molecule has 4 aliphatic carbocycles. The van der Waals surface area contributed by atoms with Crippen LogP contribution >= 0.6 is 21.6 Å². The molecule has 1 aromatic carbocycles. The first-order chi connectivity index (χ1) is 16.7. The summed E-state index contributed by atoms with van der Waals surface area (Å²) in [5.74, 6) is 1.51. The van der Waals surface area contributed by atoms with Gasteiger partial charge in [-0.05, 0) is 68.4 Å². The minimum Gasteiger partial charge on any atom is -0.462 e. The van der Waals surface area contributed by atoms with Gasteiger partial charge in [-0.2, -0.15) is 0 Å². The average Bonchev–Trinajstić information content (AvgIpc) is 3.14. The minimum atomic E-state index is -0.178. The Labute approximate surface area is 217 Å². The van der Waals surface area contributed by atoms with Gasteiger partial charge in [-0.3, -0.25) is 9.59 Å². The standard InChI is InChI=1S/C29H38O4S2/c1-18(30)32-21-16-20-10-11-23-24-12-13-26(33-19(2)31)28(24,3)15-14-25(23)29(20,4)27(17-21)35-34-22-8-6-5-7-9-22/h5-10,21,23-27H,11-17H2,1-4H3/t21-,23-,24-,25-,26-,27-,28-,29-/m0/s1. The zero-order chi connectivity index (χ0) is 24.8. The lowest BCUT2D eigenvalue weighted by Crippen LogP contribution is -2.55. The van der Waals surface area contributed by atoms with Gasteiger partial charge in [0, 0.05) is 41.2 Å². The van der Waals surface area contributed by atoms with E-state index < -0.39 is 0 Å². The Morgan fingerprint density at radius 3 is 2.43 bits per heavy atom. The maximum atomic E-state index is 11.8. The molecular formula is C29H38O4S2. The molecule has 190 valence electrons. The normalized spacial score (nSPS) is 40.1. The van der Waals surface area contributed by atoms with Crippen LogP contribution in [0.2, 0.25) is 0 Å². The number of carbonyl (C=O) groups is 2. The molecule has 0 spiro atoms. The van der Waals surface area contributed by atoms with Crippen molar-refractivity contribution < 1.29 is 19.1 Å². The van der Waals surface area contributed by atoms with E-state index in [9.17, 15) is 9.59 Å². The Bertz CT molecular complexity index is 994. The number of fused-ring (bicyclic) bond motifs is 5. The summed E-state index contributed by atoms with van der Waals surface area (Å²) in [5, 5.41) is 0.375. The molecule has 8 atom stereocenters. The van der Waals surface area contributed by atoms with Crippen LogP contribution in [0.3, 0.4) is 0 Å². The number of benzene rings is 1. The third-order valence-electron chi connectivity index (χ3n) is 9.69. The fraction of sp³-hybridized carbons (Fsp3) is 0.655. The Morgan fingerprint density at radius 2 is 1.71 bits per heavy atom. The number of esters is 2. The van der Waals surface area contributed by atoms with Crippen molar-refractivity contribution in [3.63, 3.8) is 0 Å². The highest BCUT2D eigenvalue weighted by Crippen LogP contribution is 2.67. The second-order valence-corrected chi connectivity index (χ2v) is 14.0. The first-order valence-electron chi connectivity index (χ1n) is 13.1. The molecule has 1 aromatic rings. The number of hydrogen-bond donors (Lipinski definition) is 0. The van der Waals surface area contributed by atoms with Gasteiger partial charge in [0.05, 0.1) is 0 Å². The number of carbonyl (C=O) groups excluding carboxylic acids is 2. The van der Waals surface area contributed by atoms with Gasteiger partial charge >= 0.3 is 11.9 Å². The smallest absolute Gasteiger partial charge is 0.302 e. The molecule has 4 aliphatic rings. The van der Waals surface area contributed by atoms with E-state index in [0.717, 1.165) is 38.5 Å². The van der Waals surface area contributed by atoms with Crippen LogP contribution in [-0.2, 0) is 19.1 Å². The van der Waals surface area contributed by atoms with E-state index in [-0.39, 0.29) is 35.0 Å². The quantitative estimate of drug-likeness (QED) is 0.235. The van der Waals surface area contributed by atoms with Gasteiger partial charge in [0.25, 0.3) is 0 Å². The predicted octanol–water partition coefficient (Wildman–Crippen LogP) is 7.23. The van der Waals surface area contributed by atoms with Crippen molar-refractivity contribution >= 4 is 33.5 Å². The van der Waals surface area contributed by atoms with Gasteiger partial charge in [-0.1, -0.05) is 65.3 Å². The van der Waals surface area contributed by atoms with Crippen molar-refractivity contribution in [2.45, 2.75) is 95.0 Å². The number of hydrogen-bond acceptors (Lipinski definition) is 6. The SMILES string of the molecule is CC(=O)O[C@H]1CC2=CC[C@H]3[C@@H]4CC[C@H](OC(C)=O)[C@@]4(C)CC[C@@H]3[C@@]2(C)[C@@H](SSc2ccccc2)C1. The molecule has 3 fully saturated rings. The van der Waals surface area contributed by atoms with Crippen molar-refractivity contribution in [1.82, 2.24) is 0 Å². The van der Waals surface area contributed by atoms with Gasteiger partial charge in [0.2, 0.25) is 0 Å². The molecule has 5 rings (SSSR count). The zero-order valence-corrected chi connectivity index (χ0v) is 23.0. The molecule has 0 bridgehead atoms. The third kappa shape index (κ3) is 4.58. The highest BCUT2D eigenvalue weighted by Gasteiger charge is 2.61. The number of ether oxygens (including phenoxy) is 2. The van der Waals surface area contributed by atoms with Crippen molar-refractivity contribution in [2.24, 2.45) is 28.6 Å².